The average molecular weight is 256 g/mol. The molecule has 2 fully saturated rings. The lowest BCUT2D eigenvalue weighted by Crippen LogP contribution is -2.55. The molecule has 1 N–H and O–H groups in total. The van der Waals surface area contributed by atoms with Crippen LogP contribution in [0.2, 0.25) is 0 Å². The Hall–Kier alpha value is -1.46. The van der Waals surface area contributed by atoms with Crippen LogP contribution in [0.25, 0.3) is 0 Å². The van der Waals surface area contributed by atoms with E-state index in [1.807, 2.05) is 20.8 Å². The van der Waals surface area contributed by atoms with Gasteiger partial charge in [-0.2, -0.15) is 0 Å². The van der Waals surface area contributed by atoms with Gasteiger partial charge in [0.15, 0.2) is 0 Å². The normalized spacial score (nSPS) is 27.9. The molecule has 18 heavy (non-hydrogen) atoms. The molecule has 0 aromatic heterocycles. The maximum absolute atomic E-state index is 11.9. The van der Waals surface area contributed by atoms with E-state index in [4.69, 9.17) is 9.47 Å². The Labute approximate surface area is 107 Å². The summed E-state index contributed by atoms with van der Waals surface area (Å²) in [6, 6.07) is 0. The van der Waals surface area contributed by atoms with Crippen molar-refractivity contribution >= 4 is 12.2 Å². The molecule has 0 saturated carbocycles. The molecule has 2 saturated heterocycles. The van der Waals surface area contributed by atoms with E-state index in [1.54, 1.807) is 4.90 Å². The van der Waals surface area contributed by atoms with Crippen molar-refractivity contribution in [2.45, 2.75) is 38.9 Å². The molecule has 0 unspecified atom stereocenters. The molecule has 2 heterocycles. The van der Waals surface area contributed by atoms with Crippen molar-refractivity contribution in [3.05, 3.63) is 0 Å². The predicted molar refractivity (Wildman–Crippen MR) is 64.2 cm³/mol. The molecule has 2 aliphatic heterocycles. The van der Waals surface area contributed by atoms with Crippen LogP contribution in [0.3, 0.4) is 0 Å². The van der Waals surface area contributed by atoms with Gasteiger partial charge in [-0.15, -0.1) is 0 Å². The number of alkyl carbamates (subject to hydrolysis) is 1. The first-order valence-electron chi connectivity index (χ1n) is 6.27. The zero-order chi connectivity index (χ0) is 13.3. The summed E-state index contributed by atoms with van der Waals surface area (Å²) >= 11 is 0. The maximum Gasteiger partial charge on any atom is 0.410 e. The highest BCUT2D eigenvalue weighted by Gasteiger charge is 2.38. The molecule has 2 amide bonds. The lowest BCUT2D eigenvalue weighted by molar-refractivity contribution is -0.0302. The van der Waals surface area contributed by atoms with Gasteiger partial charge in [0, 0.05) is 19.0 Å². The fourth-order valence-corrected chi connectivity index (χ4v) is 2.22. The Kier molecular flexibility index (Phi) is 3.36. The van der Waals surface area contributed by atoms with Crippen LogP contribution in [0.15, 0.2) is 0 Å². The Morgan fingerprint density at radius 2 is 2.22 bits per heavy atom. The summed E-state index contributed by atoms with van der Waals surface area (Å²) in [4.78, 5) is 24.7. The van der Waals surface area contributed by atoms with Gasteiger partial charge in [0.25, 0.3) is 0 Å². The van der Waals surface area contributed by atoms with E-state index in [0.29, 0.717) is 25.6 Å². The Bertz CT molecular complexity index is 350. The third-order valence-electron chi connectivity index (χ3n) is 3.11. The maximum atomic E-state index is 11.9. The Morgan fingerprint density at radius 3 is 2.89 bits per heavy atom. The number of hydrogen-bond acceptors (Lipinski definition) is 4. The second-order valence-electron chi connectivity index (χ2n) is 5.80. The van der Waals surface area contributed by atoms with Gasteiger partial charge in [-0.25, -0.2) is 9.59 Å². The predicted octanol–water partition coefficient (Wildman–Crippen LogP) is 1.35. The summed E-state index contributed by atoms with van der Waals surface area (Å²) in [5.74, 6) is 0.293. The topological polar surface area (TPSA) is 67.9 Å². The monoisotopic (exact) mass is 256 g/mol. The summed E-state index contributed by atoms with van der Waals surface area (Å²) in [5.41, 5.74) is -0.501. The second-order valence-corrected chi connectivity index (χ2v) is 5.80. The number of fused-ring (bicyclic) bond motifs is 1. The second kappa shape index (κ2) is 4.66. The van der Waals surface area contributed by atoms with Crippen LogP contribution in [-0.4, -0.2) is 48.4 Å². The van der Waals surface area contributed by atoms with Gasteiger partial charge in [-0.3, -0.25) is 0 Å². The number of rotatable bonds is 0. The van der Waals surface area contributed by atoms with Crippen molar-refractivity contribution in [3.63, 3.8) is 0 Å². The summed E-state index contributed by atoms with van der Waals surface area (Å²) in [6.45, 7) is 7.21. The van der Waals surface area contributed by atoms with Crippen molar-refractivity contribution in [3.8, 4) is 0 Å². The van der Waals surface area contributed by atoms with Gasteiger partial charge in [0.05, 0.1) is 6.54 Å². The lowest BCUT2D eigenvalue weighted by atomic mass is 9.93. The molecule has 0 bridgehead atoms. The van der Waals surface area contributed by atoms with Crippen LogP contribution < -0.4 is 5.32 Å². The molecule has 6 nitrogen and oxygen atoms in total. The highest BCUT2D eigenvalue weighted by Crippen LogP contribution is 2.24. The number of carbonyl (C=O) groups is 2. The van der Waals surface area contributed by atoms with Crippen LogP contribution >= 0.6 is 0 Å². The van der Waals surface area contributed by atoms with E-state index >= 15 is 0 Å². The van der Waals surface area contributed by atoms with Crippen molar-refractivity contribution in [1.82, 2.24) is 10.2 Å². The molecule has 2 aliphatic rings. The van der Waals surface area contributed by atoms with E-state index in [-0.39, 0.29) is 12.2 Å². The lowest BCUT2D eigenvalue weighted by Gasteiger charge is -2.40. The van der Waals surface area contributed by atoms with Gasteiger partial charge in [0.2, 0.25) is 0 Å². The average Bonchev–Trinajstić information content (AvgIpc) is 2.25. The molecule has 102 valence electrons. The molecule has 2 atom stereocenters. The molecule has 6 heteroatoms. The minimum atomic E-state index is -0.501. The first-order valence-corrected chi connectivity index (χ1v) is 6.27. The third-order valence-corrected chi connectivity index (χ3v) is 3.11. The van der Waals surface area contributed by atoms with E-state index < -0.39 is 11.7 Å². The number of piperidine rings is 1. The standard InChI is InChI=1S/C12H20N2O4/c1-12(2,3)18-11(16)14-5-4-8-6-13-10(15)17-9(8)7-14/h8-9H,4-7H2,1-3H3,(H,13,15)/t8-,9+/m1/s1. The van der Waals surface area contributed by atoms with Crippen LogP contribution in [0.1, 0.15) is 27.2 Å². The third kappa shape index (κ3) is 3.05. The summed E-state index contributed by atoms with van der Waals surface area (Å²) < 4.78 is 10.5. The van der Waals surface area contributed by atoms with Crippen LogP contribution in [0.5, 0.6) is 0 Å². The molecule has 0 radical (unpaired) electrons. The summed E-state index contributed by atoms with van der Waals surface area (Å²) in [7, 11) is 0. The fourth-order valence-electron chi connectivity index (χ4n) is 2.22. The van der Waals surface area contributed by atoms with E-state index in [9.17, 15) is 9.59 Å². The number of hydrogen-bond donors (Lipinski definition) is 1. The molecular weight excluding hydrogens is 236 g/mol. The van der Waals surface area contributed by atoms with E-state index in [0.717, 1.165) is 6.42 Å². The smallest absolute Gasteiger partial charge is 0.410 e. The Balaban J connectivity index is 1.93. The molecule has 0 aromatic rings. The SMILES string of the molecule is CC(C)(C)OC(=O)N1CC[C@@H]2CNC(=O)O[C@H]2C1. The highest BCUT2D eigenvalue weighted by molar-refractivity contribution is 5.70. The highest BCUT2D eigenvalue weighted by atomic mass is 16.6. The van der Waals surface area contributed by atoms with Gasteiger partial charge >= 0.3 is 12.2 Å². The minimum absolute atomic E-state index is 0.208. The van der Waals surface area contributed by atoms with Crippen LogP contribution in [0.4, 0.5) is 9.59 Å². The van der Waals surface area contributed by atoms with Gasteiger partial charge in [0.1, 0.15) is 11.7 Å². The molecule has 0 aliphatic carbocycles. The molecular formula is C12H20N2O4. The zero-order valence-electron chi connectivity index (χ0n) is 11.1. The van der Waals surface area contributed by atoms with E-state index in [1.165, 1.54) is 0 Å². The Morgan fingerprint density at radius 1 is 1.50 bits per heavy atom. The van der Waals surface area contributed by atoms with Gasteiger partial charge in [-0.1, -0.05) is 0 Å². The minimum Gasteiger partial charge on any atom is -0.444 e. The number of likely N-dealkylation sites (tertiary alicyclic amines) is 1. The van der Waals surface area contributed by atoms with Crippen molar-refractivity contribution < 1.29 is 19.1 Å². The largest absolute Gasteiger partial charge is 0.444 e. The number of nitrogens with zero attached hydrogens (tertiary/aromatic N) is 1. The van der Waals surface area contributed by atoms with Gasteiger partial charge < -0.3 is 19.7 Å². The van der Waals surface area contributed by atoms with Crippen molar-refractivity contribution in [1.29, 1.82) is 0 Å². The number of nitrogens with one attached hydrogen (secondary N) is 1. The first-order chi connectivity index (χ1) is 8.35. The fraction of sp³-hybridized carbons (Fsp3) is 0.833. The molecule has 0 aromatic carbocycles. The van der Waals surface area contributed by atoms with Crippen LogP contribution in [-0.2, 0) is 9.47 Å². The number of amides is 2. The molecule has 0 spiro atoms. The first kappa shape index (κ1) is 13.0. The van der Waals surface area contributed by atoms with Crippen molar-refractivity contribution in [2.24, 2.45) is 5.92 Å². The van der Waals surface area contributed by atoms with Gasteiger partial charge in [-0.05, 0) is 27.2 Å². The molecule has 2 rings (SSSR count). The summed E-state index contributed by atoms with van der Waals surface area (Å²) in [6.07, 6.45) is -0.123. The zero-order valence-corrected chi connectivity index (χ0v) is 11.1. The number of carbonyl (C=O) groups excluding carboxylic acids is 2. The van der Waals surface area contributed by atoms with E-state index in [2.05, 4.69) is 5.32 Å². The quantitative estimate of drug-likeness (QED) is 0.710. The number of ether oxygens (including phenoxy) is 2. The summed E-state index contributed by atoms with van der Waals surface area (Å²) in [5, 5.41) is 2.67. The van der Waals surface area contributed by atoms with Crippen molar-refractivity contribution in [2.75, 3.05) is 19.6 Å². The van der Waals surface area contributed by atoms with Crippen LogP contribution in [0, 0.1) is 5.92 Å².